The predicted octanol–water partition coefficient (Wildman–Crippen LogP) is 4.19. The van der Waals surface area contributed by atoms with Crippen LogP contribution in [-0.4, -0.2) is 21.9 Å². The average Bonchev–Trinajstić information content (AvgIpc) is 3.15. The lowest BCUT2D eigenvalue weighted by atomic mass is 10.1. The summed E-state index contributed by atoms with van der Waals surface area (Å²) >= 11 is 0. The molecule has 3 rings (SSSR count). The number of imidazole rings is 1. The van der Waals surface area contributed by atoms with Gasteiger partial charge in [-0.25, -0.2) is 4.98 Å². The van der Waals surface area contributed by atoms with E-state index in [0.717, 1.165) is 17.0 Å². The number of nitrogens with zero attached hydrogens (tertiary/aromatic N) is 1. The van der Waals surface area contributed by atoms with Crippen molar-refractivity contribution in [3.05, 3.63) is 72.3 Å². The van der Waals surface area contributed by atoms with Crippen molar-refractivity contribution in [2.24, 2.45) is 0 Å². The summed E-state index contributed by atoms with van der Waals surface area (Å²) in [5, 5.41) is 14.9. The minimum Gasteiger partial charge on any atom is -0.487 e. The van der Waals surface area contributed by atoms with E-state index in [2.05, 4.69) is 9.97 Å². The fourth-order valence-corrected chi connectivity index (χ4v) is 2.21. The zero-order chi connectivity index (χ0) is 17.5. The standard InChI is InChI=1S/C19H18N4O2/c20-10-9-19(21)14-1-3-17(4-2-14)25-18-7-5-16(6-8-18)24-12-15-11-22-13-23-15/h1-8,10-11,13,20-21H,9,12H2,(H,22,23). The SMILES string of the molecule is N=CCC(=N)c1ccc(Oc2ccc(OCc3cnc[nH]3)cc2)cc1. The van der Waals surface area contributed by atoms with E-state index in [1.807, 2.05) is 48.5 Å². The maximum atomic E-state index is 7.82. The molecule has 1 aromatic heterocycles. The number of aromatic amines is 1. The predicted molar refractivity (Wildman–Crippen MR) is 96.1 cm³/mol. The van der Waals surface area contributed by atoms with E-state index in [1.165, 1.54) is 6.21 Å². The smallest absolute Gasteiger partial charge is 0.130 e. The van der Waals surface area contributed by atoms with Crippen LogP contribution in [-0.2, 0) is 6.61 Å². The van der Waals surface area contributed by atoms with Gasteiger partial charge in [0, 0.05) is 18.3 Å². The molecule has 0 bridgehead atoms. The van der Waals surface area contributed by atoms with Crippen LogP contribution in [0.1, 0.15) is 17.7 Å². The topological polar surface area (TPSA) is 94.8 Å². The number of nitrogens with one attached hydrogen (secondary N) is 3. The summed E-state index contributed by atoms with van der Waals surface area (Å²) in [5.41, 5.74) is 2.12. The Balaban J connectivity index is 1.57. The van der Waals surface area contributed by atoms with Crippen molar-refractivity contribution in [1.29, 1.82) is 10.8 Å². The van der Waals surface area contributed by atoms with Gasteiger partial charge in [0.1, 0.15) is 23.9 Å². The number of hydrogen-bond donors (Lipinski definition) is 3. The van der Waals surface area contributed by atoms with E-state index in [0.29, 0.717) is 30.2 Å². The van der Waals surface area contributed by atoms with Crippen LogP contribution in [0.3, 0.4) is 0 Å². The Bertz CT molecular complexity index is 825. The molecule has 0 spiro atoms. The summed E-state index contributed by atoms with van der Waals surface area (Å²) in [5.74, 6) is 2.14. The first-order valence-electron chi connectivity index (χ1n) is 7.79. The van der Waals surface area contributed by atoms with Crippen molar-refractivity contribution in [3.8, 4) is 17.2 Å². The molecule has 6 heteroatoms. The van der Waals surface area contributed by atoms with Crippen molar-refractivity contribution in [2.75, 3.05) is 0 Å². The third-order valence-corrected chi connectivity index (χ3v) is 3.52. The summed E-state index contributed by atoms with van der Waals surface area (Å²) in [6, 6.07) is 14.7. The summed E-state index contributed by atoms with van der Waals surface area (Å²) in [6.07, 6.45) is 4.90. The van der Waals surface area contributed by atoms with E-state index in [1.54, 1.807) is 12.5 Å². The molecule has 0 aliphatic heterocycles. The molecule has 0 amide bonds. The van der Waals surface area contributed by atoms with Crippen LogP contribution >= 0.6 is 0 Å². The fraction of sp³-hybridized carbons (Fsp3) is 0.105. The second kappa shape index (κ2) is 7.92. The molecule has 3 N–H and O–H groups in total. The van der Waals surface area contributed by atoms with Crippen LogP contribution in [0.25, 0.3) is 0 Å². The van der Waals surface area contributed by atoms with Crippen LogP contribution in [0.4, 0.5) is 0 Å². The molecule has 0 aliphatic rings. The molecule has 0 unspecified atom stereocenters. The highest BCUT2D eigenvalue weighted by Crippen LogP contribution is 2.24. The zero-order valence-corrected chi connectivity index (χ0v) is 13.5. The zero-order valence-electron chi connectivity index (χ0n) is 13.5. The minimum atomic E-state index is 0.334. The quantitative estimate of drug-likeness (QED) is 0.539. The molecule has 2 aromatic carbocycles. The molecule has 3 aromatic rings. The molecular weight excluding hydrogens is 316 g/mol. The first-order valence-corrected chi connectivity index (χ1v) is 7.79. The maximum Gasteiger partial charge on any atom is 0.130 e. The Labute approximate surface area is 145 Å². The Morgan fingerprint density at radius 1 is 1.00 bits per heavy atom. The molecule has 0 saturated carbocycles. The summed E-state index contributed by atoms with van der Waals surface area (Å²) in [6.45, 7) is 0.434. The van der Waals surface area contributed by atoms with Gasteiger partial charge >= 0.3 is 0 Å². The molecule has 0 radical (unpaired) electrons. The molecular formula is C19H18N4O2. The molecule has 25 heavy (non-hydrogen) atoms. The van der Waals surface area contributed by atoms with Crippen LogP contribution in [0, 0.1) is 10.8 Å². The van der Waals surface area contributed by atoms with Crippen LogP contribution in [0.2, 0.25) is 0 Å². The Kier molecular flexibility index (Phi) is 5.21. The second-order valence-electron chi connectivity index (χ2n) is 5.35. The van der Waals surface area contributed by atoms with Crippen LogP contribution < -0.4 is 9.47 Å². The number of ether oxygens (including phenoxy) is 2. The summed E-state index contributed by atoms with van der Waals surface area (Å²) in [7, 11) is 0. The molecule has 0 fully saturated rings. The number of benzene rings is 2. The van der Waals surface area contributed by atoms with E-state index in [9.17, 15) is 0 Å². The van der Waals surface area contributed by atoms with Crippen molar-refractivity contribution in [2.45, 2.75) is 13.0 Å². The molecule has 0 aliphatic carbocycles. The van der Waals surface area contributed by atoms with Crippen molar-refractivity contribution >= 4 is 11.9 Å². The highest BCUT2D eigenvalue weighted by Gasteiger charge is 2.03. The van der Waals surface area contributed by atoms with Gasteiger partial charge in [-0.05, 0) is 54.1 Å². The van der Waals surface area contributed by atoms with Gasteiger partial charge in [-0.15, -0.1) is 0 Å². The average molecular weight is 334 g/mol. The second-order valence-corrected chi connectivity index (χ2v) is 5.35. The van der Waals surface area contributed by atoms with Crippen molar-refractivity contribution in [1.82, 2.24) is 9.97 Å². The van der Waals surface area contributed by atoms with Crippen molar-refractivity contribution in [3.63, 3.8) is 0 Å². The van der Waals surface area contributed by atoms with E-state index < -0.39 is 0 Å². The highest BCUT2D eigenvalue weighted by molar-refractivity contribution is 6.04. The van der Waals surface area contributed by atoms with Gasteiger partial charge in [-0.1, -0.05) is 0 Å². The Hall–Kier alpha value is -3.41. The molecule has 126 valence electrons. The van der Waals surface area contributed by atoms with Gasteiger partial charge in [0.25, 0.3) is 0 Å². The lowest BCUT2D eigenvalue weighted by Gasteiger charge is -2.09. The fourth-order valence-electron chi connectivity index (χ4n) is 2.21. The first-order chi connectivity index (χ1) is 12.2. The largest absolute Gasteiger partial charge is 0.487 e. The van der Waals surface area contributed by atoms with Crippen molar-refractivity contribution < 1.29 is 9.47 Å². The van der Waals surface area contributed by atoms with Gasteiger partial charge in [0.2, 0.25) is 0 Å². The maximum absolute atomic E-state index is 7.82. The van der Waals surface area contributed by atoms with E-state index in [4.69, 9.17) is 20.3 Å². The third-order valence-electron chi connectivity index (χ3n) is 3.52. The number of rotatable bonds is 8. The van der Waals surface area contributed by atoms with Gasteiger partial charge in [0.05, 0.1) is 18.2 Å². The first kappa shape index (κ1) is 16.4. The minimum absolute atomic E-state index is 0.334. The summed E-state index contributed by atoms with van der Waals surface area (Å²) < 4.78 is 11.4. The lowest BCUT2D eigenvalue weighted by Crippen LogP contribution is -1.98. The molecule has 6 nitrogen and oxygen atoms in total. The van der Waals surface area contributed by atoms with Gasteiger partial charge in [0.15, 0.2) is 0 Å². The van der Waals surface area contributed by atoms with Crippen LogP contribution in [0.15, 0.2) is 61.1 Å². The number of H-pyrrole nitrogens is 1. The van der Waals surface area contributed by atoms with Crippen LogP contribution in [0.5, 0.6) is 17.2 Å². The third kappa shape index (κ3) is 4.54. The van der Waals surface area contributed by atoms with Gasteiger partial charge in [-0.3, -0.25) is 0 Å². The summed E-state index contributed by atoms with van der Waals surface area (Å²) in [4.78, 5) is 6.93. The molecule has 1 heterocycles. The lowest BCUT2D eigenvalue weighted by molar-refractivity contribution is 0.301. The van der Waals surface area contributed by atoms with E-state index >= 15 is 0 Å². The molecule has 0 atom stereocenters. The van der Waals surface area contributed by atoms with Gasteiger partial charge < -0.3 is 25.3 Å². The number of hydrogen-bond acceptors (Lipinski definition) is 5. The van der Waals surface area contributed by atoms with E-state index in [-0.39, 0.29) is 0 Å². The Morgan fingerprint density at radius 3 is 2.24 bits per heavy atom. The highest BCUT2D eigenvalue weighted by atomic mass is 16.5. The Morgan fingerprint density at radius 2 is 1.64 bits per heavy atom. The molecule has 0 saturated heterocycles. The number of aromatic nitrogens is 2. The van der Waals surface area contributed by atoms with Gasteiger partial charge in [-0.2, -0.15) is 0 Å². The normalized spacial score (nSPS) is 10.2. The monoisotopic (exact) mass is 334 g/mol.